The summed E-state index contributed by atoms with van der Waals surface area (Å²) in [6.45, 7) is 1.18. The van der Waals surface area contributed by atoms with Crippen LogP contribution in [0.1, 0.15) is 36.8 Å². The molecule has 0 aromatic heterocycles. The Hall–Kier alpha value is -2.24. The van der Waals surface area contributed by atoms with E-state index in [2.05, 4.69) is 0 Å². The number of ether oxygens (including phenoxy) is 3. The number of hydrogen-bond donors (Lipinski definition) is 0. The fourth-order valence-electron chi connectivity index (χ4n) is 3.75. The van der Waals surface area contributed by atoms with E-state index >= 15 is 0 Å². The van der Waals surface area contributed by atoms with Crippen molar-refractivity contribution >= 4 is 23.2 Å². The van der Waals surface area contributed by atoms with E-state index in [0.29, 0.717) is 24.4 Å². The highest BCUT2D eigenvalue weighted by molar-refractivity contribution is 6.34. The molecule has 148 valence electrons. The Morgan fingerprint density at radius 2 is 1.96 bits per heavy atom. The first-order valence-electron chi connectivity index (χ1n) is 9.68. The molecular formula is C22H24ClNO4. The van der Waals surface area contributed by atoms with Crippen LogP contribution in [-0.4, -0.2) is 25.9 Å². The van der Waals surface area contributed by atoms with E-state index < -0.39 is 0 Å². The van der Waals surface area contributed by atoms with E-state index in [9.17, 15) is 4.79 Å². The van der Waals surface area contributed by atoms with E-state index in [1.54, 1.807) is 18.1 Å². The maximum atomic E-state index is 12.7. The number of methoxy groups -OCH3 is 1. The first-order valence-corrected chi connectivity index (χ1v) is 10.1. The molecule has 2 aliphatic heterocycles. The van der Waals surface area contributed by atoms with Gasteiger partial charge in [0.1, 0.15) is 11.5 Å². The number of amides is 1. The van der Waals surface area contributed by atoms with Crippen LogP contribution in [0, 0.1) is 0 Å². The summed E-state index contributed by atoms with van der Waals surface area (Å²) >= 11 is 6.53. The molecule has 0 N–H and O–H groups in total. The minimum absolute atomic E-state index is 0.0660. The van der Waals surface area contributed by atoms with Crippen LogP contribution in [0.4, 0.5) is 5.69 Å². The predicted molar refractivity (Wildman–Crippen MR) is 108 cm³/mol. The van der Waals surface area contributed by atoms with Gasteiger partial charge in [0.25, 0.3) is 0 Å². The lowest BCUT2D eigenvalue weighted by Crippen LogP contribution is -2.35. The van der Waals surface area contributed by atoms with Crippen molar-refractivity contribution in [2.24, 2.45) is 0 Å². The predicted octanol–water partition coefficient (Wildman–Crippen LogP) is 4.73. The SMILES string of the molecule is COc1ccc(CN2C(=O)CCc3c(OC4CCCCO4)ccc(Cl)c32)cc1. The standard InChI is InChI=1S/C22H24ClNO4/c1-26-16-7-5-15(6-8-16)14-24-20(25)12-9-17-19(11-10-18(23)22(17)24)28-21-4-2-3-13-27-21/h5-8,10-11,21H,2-4,9,12-14H2,1H3. The van der Waals surface area contributed by atoms with Gasteiger partial charge in [0.15, 0.2) is 6.29 Å². The average molecular weight is 402 g/mol. The third-order valence-corrected chi connectivity index (χ3v) is 5.55. The molecule has 5 nitrogen and oxygen atoms in total. The highest BCUT2D eigenvalue weighted by atomic mass is 35.5. The topological polar surface area (TPSA) is 48.0 Å². The number of carbonyl (C=O) groups is 1. The summed E-state index contributed by atoms with van der Waals surface area (Å²) in [6.07, 6.45) is 3.88. The van der Waals surface area contributed by atoms with Crippen LogP contribution < -0.4 is 14.4 Å². The smallest absolute Gasteiger partial charge is 0.227 e. The maximum Gasteiger partial charge on any atom is 0.227 e. The summed E-state index contributed by atoms with van der Waals surface area (Å²) < 4.78 is 17.1. The monoisotopic (exact) mass is 401 g/mol. The molecule has 0 saturated carbocycles. The zero-order chi connectivity index (χ0) is 19.5. The fourth-order valence-corrected chi connectivity index (χ4v) is 4.03. The summed E-state index contributed by atoms with van der Waals surface area (Å²) in [5.41, 5.74) is 2.75. The molecule has 0 bridgehead atoms. The Morgan fingerprint density at radius 1 is 1.14 bits per heavy atom. The van der Waals surface area contributed by atoms with Gasteiger partial charge in [0.2, 0.25) is 5.91 Å². The van der Waals surface area contributed by atoms with E-state index in [1.165, 1.54) is 0 Å². The van der Waals surface area contributed by atoms with Crippen LogP contribution in [0.15, 0.2) is 36.4 Å². The molecule has 1 amide bonds. The van der Waals surface area contributed by atoms with Crippen molar-refractivity contribution in [1.29, 1.82) is 0 Å². The average Bonchev–Trinajstić information content (AvgIpc) is 2.73. The van der Waals surface area contributed by atoms with Gasteiger partial charge >= 0.3 is 0 Å². The number of hydrogen-bond acceptors (Lipinski definition) is 4. The van der Waals surface area contributed by atoms with Crippen molar-refractivity contribution in [3.63, 3.8) is 0 Å². The Balaban J connectivity index is 1.63. The lowest BCUT2D eigenvalue weighted by Gasteiger charge is -2.33. The largest absolute Gasteiger partial charge is 0.497 e. The van der Waals surface area contributed by atoms with Crippen LogP contribution >= 0.6 is 11.6 Å². The molecule has 6 heteroatoms. The molecule has 0 radical (unpaired) electrons. The van der Waals surface area contributed by atoms with Crippen molar-refractivity contribution in [2.75, 3.05) is 18.6 Å². The Kier molecular flexibility index (Phi) is 5.74. The van der Waals surface area contributed by atoms with Gasteiger partial charge < -0.3 is 19.1 Å². The number of carbonyl (C=O) groups excluding carboxylic acids is 1. The zero-order valence-corrected chi connectivity index (χ0v) is 16.7. The Bertz CT molecular complexity index is 846. The van der Waals surface area contributed by atoms with Crippen molar-refractivity contribution in [2.45, 2.75) is 44.9 Å². The quantitative estimate of drug-likeness (QED) is 0.726. The Morgan fingerprint density at radius 3 is 2.68 bits per heavy atom. The number of benzene rings is 2. The molecule has 2 aliphatic rings. The minimum Gasteiger partial charge on any atom is -0.497 e. The maximum absolute atomic E-state index is 12.7. The van der Waals surface area contributed by atoms with E-state index in [1.807, 2.05) is 30.3 Å². The molecule has 1 saturated heterocycles. The second-order valence-electron chi connectivity index (χ2n) is 7.11. The van der Waals surface area contributed by atoms with Gasteiger partial charge in [-0.1, -0.05) is 23.7 Å². The summed E-state index contributed by atoms with van der Waals surface area (Å²) in [6, 6.07) is 11.4. The van der Waals surface area contributed by atoms with Gasteiger partial charge in [-0.2, -0.15) is 0 Å². The van der Waals surface area contributed by atoms with Crippen molar-refractivity contribution < 1.29 is 19.0 Å². The third-order valence-electron chi connectivity index (χ3n) is 5.25. The van der Waals surface area contributed by atoms with Gasteiger partial charge in [-0.15, -0.1) is 0 Å². The van der Waals surface area contributed by atoms with Gasteiger partial charge in [-0.25, -0.2) is 0 Å². The molecule has 1 unspecified atom stereocenters. The Labute approximate surface area is 170 Å². The fraction of sp³-hybridized carbons (Fsp3) is 0.409. The molecule has 4 rings (SSSR count). The summed E-state index contributed by atoms with van der Waals surface area (Å²) in [4.78, 5) is 14.5. The number of fused-ring (bicyclic) bond motifs is 1. The van der Waals surface area contributed by atoms with Crippen LogP contribution in [0.5, 0.6) is 11.5 Å². The molecule has 0 aliphatic carbocycles. The van der Waals surface area contributed by atoms with Crippen LogP contribution in [-0.2, 0) is 22.5 Å². The van der Waals surface area contributed by atoms with Crippen molar-refractivity contribution in [3.8, 4) is 11.5 Å². The third kappa shape index (κ3) is 3.96. The molecule has 2 heterocycles. The minimum atomic E-state index is -0.230. The molecule has 0 spiro atoms. The summed E-state index contributed by atoms with van der Waals surface area (Å²) in [5.74, 6) is 1.62. The first kappa shape index (κ1) is 19.1. The molecule has 2 aromatic carbocycles. The zero-order valence-electron chi connectivity index (χ0n) is 15.9. The van der Waals surface area contributed by atoms with E-state index in [0.717, 1.165) is 54.2 Å². The number of nitrogens with zero attached hydrogens (tertiary/aromatic N) is 1. The van der Waals surface area contributed by atoms with Crippen LogP contribution in [0.25, 0.3) is 0 Å². The molecule has 1 atom stereocenters. The van der Waals surface area contributed by atoms with Gasteiger partial charge in [-0.05, 0) is 49.1 Å². The van der Waals surface area contributed by atoms with Gasteiger partial charge in [-0.3, -0.25) is 4.79 Å². The van der Waals surface area contributed by atoms with Gasteiger partial charge in [0, 0.05) is 18.4 Å². The highest BCUT2D eigenvalue weighted by Gasteiger charge is 2.30. The molecule has 2 aromatic rings. The first-order chi connectivity index (χ1) is 13.7. The van der Waals surface area contributed by atoms with Crippen LogP contribution in [0.2, 0.25) is 5.02 Å². The summed E-state index contributed by atoms with van der Waals surface area (Å²) in [5, 5.41) is 0.563. The van der Waals surface area contributed by atoms with Gasteiger partial charge in [0.05, 0.1) is 31.0 Å². The lowest BCUT2D eigenvalue weighted by molar-refractivity contribution is -0.119. The normalized spacial score (nSPS) is 19.3. The molecule has 1 fully saturated rings. The summed E-state index contributed by atoms with van der Waals surface area (Å²) in [7, 11) is 1.64. The number of rotatable bonds is 5. The van der Waals surface area contributed by atoms with E-state index in [4.69, 9.17) is 25.8 Å². The van der Waals surface area contributed by atoms with Crippen LogP contribution in [0.3, 0.4) is 0 Å². The van der Waals surface area contributed by atoms with Crippen molar-refractivity contribution in [1.82, 2.24) is 0 Å². The second kappa shape index (κ2) is 8.41. The van der Waals surface area contributed by atoms with E-state index in [-0.39, 0.29) is 12.2 Å². The molecular weight excluding hydrogens is 378 g/mol. The van der Waals surface area contributed by atoms with Crippen molar-refractivity contribution in [3.05, 3.63) is 52.5 Å². The highest BCUT2D eigenvalue weighted by Crippen LogP contribution is 2.41. The number of anilines is 1. The second-order valence-corrected chi connectivity index (χ2v) is 7.52. The number of halogens is 1. The lowest BCUT2D eigenvalue weighted by atomic mass is 9.99. The molecule has 28 heavy (non-hydrogen) atoms.